The number of para-hydroxylation sites is 1. The minimum Gasteiger partial charge on any atom is -0.398 e. The number of nitrogens with two attached hydrogens (primary N) is 1. The van der Waals surface area contributed by atoms with Gasteiger partial charge in [-0.1, -0.05) is 24.3 Å². The number of nitrogens with zero attached hydrogens (tertiary/aromatic N) is 2. The second-order valence-corrected chi connectivity index (χ2v) is 5.66. The van der Waals surface area contributed by atoms with Gasteiger partial charge in [0.1, 0.15) is 0 Å². The van der Waals surface area contributed by atoms with Gasteiger partial charge in [-0.05, 0) is 42.7 Å². The Labute approximate surface area is 131 Å². The molecular formula is C18H21N3O. The van der Waals surface area contributed by atoms with E-state index >= 15 is 0 Å². The van der Waals surface area contributed by atoms with Gasteiger partial charge in [-0.15, -0.1) is 0 Å². The first-order valence-electron chi connectivity index (χ1n) is 7.61. The topological polar surface area (TPSA) is 49.6 Å². The van der Waals surface area contributed by atoms with Gasteiger partial charge in [-0.25, -0.2) is 0 Å². The molecule has 0 unspecified atom stereocenters. The fourth-order valence-corrected chi connectivity index (χ4v) is 2.96. The number of likely N-dealkylation sites (N-methyl/N-ethyl adjacent to an activating group) is 1. The summed E-state index contributed by atoms with van der Waals surface area (Å²) in [7, 11) is 1.82. The number of nitrogen functional groups attached to an aromatic ring is 1. The molecule has 22 heavy (non-hydrogen) atoms. The summed E-state index contributed by atoms with van der Waals surface area (Å²) in [5.41, 5.74) is 10.1. The van der Waals surface area contributed by atoms with E-state index in [0.717, 1.165) is 36.4 Å². The molecule has 1 heterocycles. The molecule has 2 aromatic rings. The molecule has 0 spiro atoms. The van der Waals surface area contributed by atoms with Gasteiger partial charge in [0.2, 0.25) is 5.91 Å². The summed E-state index contributed by atoms with van der Waals surface area (Å²) < 4.78 is 0. The number of hydrogen-bond donors (Lipinski definition) is 1. The lowest BCUT2D eigenvalue weighted by molar-refractivity contribution is -0.117. The predicted octanol–water partition coefficient (Wildman–Crippen LogP) is 2.68. The van der Waals surface area contributed by atoms with Gasteiger partial charge in [-0.2, -0.15) is 0 Å². The first kappa shape index (κ1) is 14.4. The van der Waals surface area contributed by atoms with Gasteiger partial charge in [0.05, 0.1) is 6.54 Å². The highest BCUT2D eigenvalue weighted by molar-refractivity contribution is 5.96. The number of hydrogen-bond acceptors (Lipinski definition) is 3. The van der Waals surface area contributed by atoms with Crippen LogP contribution in [0.4, 0.5) is 17.1 Å². The lowest BCUT2D eigenvalue weighted by Crippen LogP contribution is -2.40. The van der Waals surface area contributed by atoms with Crippen LogP contribution in [0.5, 0.6) is 0 Å². The van der Waals surface area contributed by atoms with Crippen molar-refractivity contribution in [1.82, 2.24) is 0 Å². The highest BCUT2D eigenvalue weighted by Gasteiger charge is 2.22. The van der Waals surface area contributed by atoms with Crippen molar-refractivity contribution < 1.29 is 4.79 Å². The third-order valence-corrected chi connectivity index (χ3v) is 4.23. The minimum atomic E-state index is 0.0847. The van der Waals surface area contributed by atoms with Crippen LogP contribution in [0.15, 0.2) is 48.5 Å². The Kier molecular flexibility index (Phi) is 4.00. The van der Waals surface area contributed by atoms with E-state index in [9.17, 15) is 4.79 Å². The van der Waals surface area contributed by atoms with Gasteiger partial charge in [0, 0.05) is 30.7 Å². The van der Waals surface area contributed by atoms with Gasteiger partial charge >= 0.3 is 0 Å². The van der Waals surface area contributed by atoms with Crippen LogP contribution in [-0.4, -0.2) is 26.0 Å². The predicted molar refractivity (Wildman–Crippen MR) is 91.2 cm³/mol. The van der Waals surface area contributed by atoms with Crippen LogP contribution >= 0.6 is 0 Å². The second kappa shape index (κ2) is 6.10. The minimum absolute atomic E-state index is 0.0847. The van der Waals surface area contributed by atoms with Crippen LogP contribution in [-0.2, 0) is 11.2 Å². The molecule has 0 fully saturated rings. The van der Waals surface area contributed by atoms with Crippen molar-refractivity contribution in [2.75, 3.05) is 35.7 Å². The third-order valence-electron chi connectivity index (χ3n) is 4.23. The van der Waals surface area contributed by atoms with Crippen molar-refractivity contribution >= 4 is 23.0 Å². The Bertz CT molecular complexity index is 669. The van der Waals surface area contributed by atoms with Crippen molar-refractivity contribution in [3.63, 3.8) is 0 Å². The zero-order chi connectivity index (χ0) is 15.5. The number of benzene rings is 2. The molecule has 0 saturated carbocycles. The van der Waals surface area contributed by atoms with Crippen LogP contribution in [0.1, 0.15) is 12.0 Å². The average Bonchev–Trinajstić information content (AvgIpc) is 2.56. The van der Waals surface area contributed by atoms with Crippen molar-refractivity contribution in [2.45, 2.75) is 12.8 Å². The number of carbonyl (C=O) groups is 1. The molecule has 114 valence electrons. The van der Waals surface area contributed by atoms with E-state index < -0.39 is 0 Å². The highest BCUT2D eigenvalue weighted by Crippen LogP contribution is 2.31. The Hall–Kier alpha value is -2.49. The molecule has 0 radical (unpaired) electrons. The van der Waals surface area contributed by atoms with E-state index in [0.29, 0.717) is 6.54 Å². The van der Waals surface area contributed by atoms with E-state index in [2.05, 4.69) is 11.0 Å². The zero-order valence-electron chi connectivity index (χ0n) is 12.8. The Balaban J connectivity index is 1.77. The first-order chi connectivity index (χ1) is 10.7. The van der Waals surface area contributed by atoms with Crippen molar-refractivity contribution in [1.29, 1.82) is 0 Å². The van der Waals surface area contributed by atoms with Crippen LogP contribution in [0.25, 0.3) is 0 Å². The van der Waals surface area contributed by atoms with E-state index in [-0.39, 0.29) is 5.91 Å². The normalized spacial score (nSPS) is 13.6. The number of rotatable bonds is 3. The average molecular weight is 295 g/mol. The Morgan fingerprint density at radius 1 is 1.18 bits per heavy atom. The van der Waals surface area contributed by atoms with Crippen molar-refractivity contribution in [3.8, 4) is 0 Å². The molecular weight excluding hydrogens is 274 g/mol. The Morgan fingerprint density at radius 3 is 2.73 bits per heavy atom. The van der Waals surface area contributed by atoms with E-state index in [1.807, 2.05) is 49.5 Å². The molecule has 1 amide bonds. The molecule has 0 aliphatic carbocycles. The second-order valence-electron chi connectivity index (χ2n) is 5.66. The number of amides is 1. The SMILES string of the molecule is CN(C(=O)CN1CCCc2c(N)cccc21)c1ccccc1. The molecule has 0 bridgehead atoms. The fraction of sp³-hybridized carbons (Fsp3) is 0.278. The molecule has 0 atom stereocenters. The highest BCUT2D eigenvalue weighted by atomic mass is 16.2. The first-order valence-corrected chi connectivity index (χ1v) is 7.61. The lowest BCUT2D eigenvalue weighted by Gasteiger charge is -2.32. The summed E-state index contributed by atoms with van der Waals surface area (Å²) in [5.74, 6) is 0.0847. The Morgan fingerprint density at radius 2 is 1.95 bits per heavy atom. The van der Waals surface area contributed by atoms with E-state index in [1.165, 1.54) is 5.56 Å². The molecule has 0 saturated heterocycles. The summed E-state index contributed by atoms with van der Waals surface area (Å²) in [6, 6.07) is 15.7. The quantitative estimate of drug-likeness (QED) is 0.886. The smallest absolute Gasteiger partial charge is 0.246 e. The number of fused-ring (bicyclic) bond motifs is 1. The maximum atomic E-state index is 12.6. The van der Waals surface area contributed by atoms with Crippen LogP contribution < -0.4 is 15.5 Å². The fourth-order valence-electron chi connectivity index (χ4n) is 2.96. The van der Waals surface area contributed by atoms with Crippen molar-refractivity contribution in [2.24, 2.45) is 0 Å². The molecule has 2 N–H and O–H groups in total. The summed E-state index contributed by atoms with van der Waals surface area (Å²) in [4.78, 5) is 16.4. The largest absolute Gasteiger partial charge is 0.398 e. The van der Waals surface area contributed by atoms with E-state index in [4.69, 9.17) is 5.73 Å². The molecule has 3 rings (SSSR count). The van der Waals surface area contributed by atoms with Gasteiger partial charge in [0.15, 0.2) is 0 Å². The third kappa shape index (κ3) is 2.77. The maximum Gasteiger partial charge on any atom is 0.246 e. The van der Waals surface area contributed by atoms with Gasteiger partial charge in [0.25, 0.3) is 0 Å². The standard InChI is InChI=1S/C18H21N3O/c1-20(14-7-3-2-4-8-14)18(22)13-21-12-6-9-15-16(19)10-5-11-17(15)21/h2-5,7-8,10-11H,6,9,12-13,19H2,1H3. The molecule has 4 heteroatoms. The van der Waals surface area contributed by atoms with E-state index in [1.54, 1.807) is 4.90 Å². The lowest BCUT2D eigenvalue weighted by atomic mass is 10.00. The molecule has 1 aliphatic rings. The van der Waals surface area contributed by atoms with Gasteiger partial charge in [-0.3, -0.25) is 4.79 Å². The van der Waals surface area contributed by atoms with Crippen LogP contribution in [0, 0.1) is 0 Å². The monoisotopic (exact) mass is 295 g/mol. The van der Waals surface area contributed by atoms with Gasteiger partial charge < -0.3 is 15.5 Å². The number of anilines is 3. The van der Waals surface area contributed by atoms with Crippen molar-refractivity contribution in [3.05, 3.63) is 54.1 Å². The molecule has 0 aromatic heterocycles. The summed E-state index contributed by atoms with van der Waals surface area (Å²) in [6.07, 6.45) is 2.02. The molecule has 4 nitrogen and oxygen atoms in total. The summed E-state index contributed by atoms with van der Waals surface area (Å²) in [5, 5.41) is 0. The summed E-state index contributed by atoms with van der Waals surface area (Å²) >= 11 is 0. The number of carbonyl (C=O) groups excluding carboxylic acids is 1. The summed E-state index contributed by atoms with van der Waals surface area (Å²) in [6.45, 7) is 1.27. The maximum absolute atomic E-state index is 12.6. The zero-order valence-corrected chi connectivity index (χ0v) is 12.8. The molecule has 2 aromatic carbocycles. The van der Waals surface area contributed by atoms with Crippen LogP contribution in [0.2, 0.25) is 0 Å². The van der Waals surface area contributed by atoms with Crippen LogP contribution in [0.3, 0.4) is 0 Å². The molecule has 1 aliphatic heterocycles.